The van der Waals surface area contributed by atoms with Gasteiger partial charge in [-0.3, -0.25) is 4.57 Å². The maximum absolute atomic E-state index is 6.03. The first kappa shape index (κ1) is 26.8. The molecule has 0 atom stereocenters. The Balaban J connectivity index is 0.000000532. The van der Waals surface area contributed by atoms with Gasteiger partial charge in [0.05, 0.1) is 20.3 Å². The Morgan fingerprint density at radius 2 is 1.21 bits per heavy atom. The van der Waals surface area contributed by atoms with E-state index in [0.717, 1.165) is 27.2 Å². The van der Waals surface area contributed by atoms with E-state index in [-0.39, 0.29) is 20.8 Å². The van der Waals surface area contributed by atoms with E-state index >= 15 is 0 Å². The molecule has 0 fully saturated rings. The van der Waals surface area contributed by atoms with Crippen molar-refractivity contribution < 1.29 is 0 Å². The summed E-state index contributed by atoms with van der Waals surface area (Å²) in [6.07, 6.45) is 0. The number of anilines is 1. The van der Waals surface area contributed by atoms with Gasteiger partial charge in [-0.2, -0.15) is 4.98 Å². The van der Waals surface area contributed by atoms with Crippen LogP contribution in [-0.4, -0.2) is 24.5 Å². The molecule has 6 nitrogen and oxygen atoms in total. The average molecular weight is 555 g/mol. The van der Waals surface area contributed by atoms with Gasteiger partial charge in [0.2, 0.25) is 11.9 Å². The molecule has 0 spiro atoms. The Morgan fingerprint density at radius 1 is 0.786 bits per heavy atom. The summed E-state index contributed by atoms with van der Waals surface area (Å²) in [6.45, 7) is 7.73. The Labute approximate surface area is 193 Å². The Morgan fingerprint density at radius 3 is 1.64 bits per heavy atom. The highest BCUT2D eigenvalue weighted by Crippen LogP contribution is 2.25. The maximum atomic E-state index is 6.03. The van der Waals surface area contributed by atoms with Crippen molar-refractivity contribution >= 4 is 61.0 Å². The molecule has 154 valence electrons. The second kappa shape index (κ2) is 11.1. The fourth-order valence-corrected chi connectivity index (χ4v) is 2.93. The number of nitrogens with zero attached hydrogens (tertiary/aromatic N) is 5. The summed E-state index contributed by atoms with van der Waals surface area (Å²) in [5.74, 6) is 0.816. The van der Waals surface area contributed by atoms with Crippen molar-refractivity contribution in [3.8, 4) is 5.95 Å². The van der Waals surface area contributed by atoms with Gasteiger partial charge >= 0.3 is 0 Å². The summed E-state index contributed by atoms with van der Waals surface area (Å²) in [7, 11) is 0. The highest BCUT2D eigenvalue weighted by atomic mass is 79.9. The minimum Gasteiger partial charge on any atom is -0.368 e. The SMILES string of the molecule is C.C.Cc1nc(-n2c(C)ccc2C)nc(Cl)c1Br.Cc1nc(N)nc(Cl)c1Br. The van der Waals surface area contributed by atoms with Gasteiger partial charge in [-0.1, -0.05) is 38.1 Å². The van der Waals surface area contributed by atoms with Crippen LogP contribution in [0.15, 0.2) is 21.1 Å². The van der Waals surface area contributed by atoms with Crippen molar-refractivity contribution in [1.82, 2.24) is 24.5 Å². The second-order valence-electron chi connectivity index (χ2n) is 5.44. The lowest BCUT2D eigenvalue weighted by molar-refractivity contribution is 0.858. The fraction of sp³-hybridized carbons (Fsp3) is 0.333. The molecule has 3 aromatic heterocycles. The molecule has 0 radical (unpaired) electrons. The van der Waals surface area contributed by atoms with E-state index < -0.39 is 0 Å². The van der Waals surface area contributed by atoms with Crippen LogP contribution >= 0.6 is 55.1 Å². The molecule has 0 saturated carbocycles. The monoisotopic (exact) mass is 552 g/mol. The van der Waals surface area contributed by atoms with Crippen molar-refractivity contribution in [3.05, 3.63) is 54.2 Å². The molecule has 0 bridgehead atoms. The Hall–Kier alpha value is -1.22. The summed E-state index contributed by atoms with van der Waals surface area (Å²) in [4.78, 5) is 16.3. The highest BCUT2D eigenvalue weighted by molar-refractivity contribution is 9.11. The molecule has 3 heterocycles. The van der Waals surface area contributed by atoms with E-state index in [1.807, 2.05) is 37.5 Å². The van der Waals surface area contributed by atoms with Gasteiger partial charge in [-0.25, -0.2) is 15.0 Å². The van der Waals surface area contributed by atoms with Crippen LogP contribution in [0.2, 0.25) is 10.3 Å². The molecule has 0 aliphatic heterocycles. The van der Waals surface area contributed by atoms with E-state index in [1.54, 1.807) is 6.92 Å². The predicted molar refractivity (Wildman–Crippen MR) is 126 cm³/mol. The Kier molecular flexibility index (Phi) is 10.6. The van der Waals surface area contributed by atoms with Crippen LogP contribution in [-0.2, 0) is 0 Å². The third-order valence-electron chi connectivity index (χ3n) is 3.43. The smallest absolute Gasteiger partial charge is 0.235 e. The van der Waals surface area contributed by atoms with Gasteiger partial charge in [0.15, 0.2) is 0 Å². The summed E-state index contributed by atoms with van der Waals surface area (Å²) in [5, 5.41) is 0.792. The van der Waals surface area contributed by atoms with Crippen molar-refractivity contribution in [1.29, 1.82) is 0 Å². The number of rotatable bonds is 1. The molecule has 0 aliphatic rings. The first-order valence-corrected chi connectivity index (χ1v) is 9.76. The van der Waals surface area contributed by atoms with E-state index in [1.165, 1.54) is 0 Å². The topological polar surface area (TPSA) is 82.5 Å². The van der Waals surface area contributed by atoms with Crippen LogP contribution in [0.4, 0.5) is 5.95 Å². The summed E-state index contributed by atoms with van der Waals surface area (Å²) < 4.78 is 3.43. The lowest BCUT2D eigenvalue weighted by Crippen LogP contribution is -2.06. The third kappa shape index (κ3) is 6.14. The molecule has 0 unspecified atom stereocenters. The highest BCUT2D eigenvalue weighted by Gasteiger charge is 2.11. The molecular formula is C18H24Br2Cl2N6. The number of nitrogen functional groups attached to an aromatic ring is 1. The molecule has 0 aromatic carbocycles. The van der Waals surface area contributed by atoms with Crippen LogP contribution < -0.4 is 5.73 Å². The van der Waals surface area contributed by atoms with E-state index in [2.05, 4.69) is 51.8 Å². The number of halogens is 4. The number of aryl methyl sites for hydroxylation is 4. The maximum Gasteiger partial charge on any atom is 0.235 e. The lowest BCUT2D eigenvalue weighted by Gasteiger charge is -2.09. The summed E-state index contributed by atoms with van der Waals surface area (Å²) in [6, 6.07) is 4.06. The van der Waals surface area contributed by atoms with Crippen LogP contribution in [0, 0.1) is 27.7 Å². The number of hydrogen-bond acceptors (Lipinski definition) is 5. The van der Waals surface area contributed by atoms with E-state index in [0.29, 0.717) is 20.7 Å². The Bertz CT molecular complexity index is 894. The van der Waals surface area contributed by atoms with E-state index in [9.17, 15) is 0 Å². The first-order valence-electron chi connectivity index (χ1n) is 7.41. The minimum absolute atomic E-state index is 0. The molecular weight excluding hydrogens is 531 g/mol. The van der Waals surface area contributed by atoms with Crippen molar-refractivity contribution in [2.45, 2.75) is 42.5 Å². The van der Waals surface area contributed by atoms with Crippen molar-refractivity contribution in [3.63, 3.8) is 0 Å². The van der Waals surface area contributed by atoms with Gasteiger partial charge < -0.3 is 5.73 Å². The zero-order chi connectivity index (χ0) is 19.6. The van der Waals surface area contributed by atoms with Gasteiger partial charge in [0, 0.05) is 11.4 Å². The average Bonchev–Trinajstić information content (AvgIpc) is 2.89. The minimum atomic E-state index is 0. The van der Waals surface area contributed by atoms with Crippen molar-refractivity contribution in [2.75, 3.05) is 5.73 Å². The largest absolute Gasteiger partial charge is 0.368 e. The third-order valence-corrected chi connectivity index (χ3v) is 6.33. The van der Waals surface area contributed by atoms with Crippen molar-refractivity contribution in [2.24, 2.45) is 0 Å². The fourth-order valence-electron chi connectivity index (χ4n) is 2.14. The molecule has 10 heteroatoms. The summed E-state index contributed by atoms with van der Waals surface area (Å²) >= 11 is 18.2. The zero-order valence-electron chi connectivity index (χ0n) is 14.5. The molecule has 0 aliphatic carbocycles. The molecule has 0 saturated heterocycles. The summed E-state index contributed by atoms with van der Waals surface area (Å²) in [5.41, 5.74) is 9.07. The number of hydrogen-bond donors (Lipinski definition) is 1. The molecule has 2 N–H and O–H groups in total. The molecule has 3 aromatic rings. The van der Waals surface area contributed by atoms with Crippen LogP contribution in [0.3, 0.4) is 0 Å². The number of nitrogens with two attached hydrogens (primary N) is 1. The normalized spacial score (nSPS) is 9.71. The van der Waals surface area contributed by atoms with Gasteiger partial charge in [-0.15, -0.1) is 0 Å². The quantitative estimate of drug-likeness (QED) is 0.340. The zero-order valence-corrected chi connectivity index (χ0v) is 19.2. The lowest BCUT2D eigenvalue weighted by atomic mass is 10.4. The molecule has 0 amide bonds. The van der Waals surface area contributed by atoms with Crippen LogP contribution in [0.25, 0.3) is 5.95 Å². The molecule has 3 rings (SSSR count). The predicted octanol–water partition coefficient (Wildman–Crippen LogP) is 6.66. The standard InChI is InChI=1S/C11H11BrClN3.C5H5BrClN3.2CH4/c1-6-4-5-7(2)16(6)11-14-8(3)9(12)10(13)15-11;1-2-3(6)4(7)10-5(8)9-2;;/h4-5H,1-3H3;1H3,(H2,8,9,10);2*1H4. The molecule has 28 heavy (non-hydrogen) atoms. The van der Waals surface area contributed by atoms with E-state index in [4.69, 9.17) is 28.9 Å². The van der Waals surface area contributed by atoms with Gasteiger partial charge in [-0.05, 0) is 71.7 Å². The van der Waals surface area contributed by atoms with Gasteiger partial charge in [0.1, 0.15) is 10.3 Å². The first-order chi connectivity index (χ1) is 12.1. The second-order valence-corrected chi connectivity index (χ2v) is 7.74. The number of aromatic nitrogens is 5. The van der Waals surface area contributed by atoms with Gasteiger partial charge in [0.25, 0.3) is 0 Å². The van der Waals surface area contributed by atoms with Crippen LogP contribution in [0.5, 0.6) is 0 Å². The van der Waals surface area contributed by atoms with Crippen LogP contribution in [0.1, 0.15) is 37.6 Å².